The van der Waals surface area contributed by atoms with Gasteiger partial charge in [0.2, 0.25) is 0 Å². The van der Waals surface area contributed by atoms with Crippen LogP contribution in [0.15, 0.2) is 0 Å². The zero-order valence-electron chi connectivity index (χ0n) is 7.96. The molecule has 0 bridgehead atoms. The van der Waals surface area contributed by atoms with E-state index in [0.29, 0.717) is 0 Å². The number of hydrogen-bond acceptors (Lipinski definition) is 0. The number of hydrogen-bond donors (Lipinski definition) is 0. The van der Waals surface area contributed by atoms with Gasteiger partial charge in [-0.05, 0) is 0 Å². The Morgan fingerprint density at radius 1 is 0.353 bits per heavy atom. The van der Waals surface area contributed by atoms with Crippen molar-refractivity contribution in [2.45, 2.75) is 0 Å². The van der Waals surface area contributed by atoms with Gasteiger partial charge in [0.15, 0.2) is 0 Å². The first kappa shape index (κ1) is 68.8. The molecule has 0 saturated carbocycles. The molecule has 0 radical (unpaired) electrons. The molecule has 6 nitrogen and oxygen atoms in total. The Balaban J connectivity index is -0.00000000762. The van der Waals surface area contributed by atoms with Gasteiger partial charge in [0, 0.05) is 0 Å². The van der Waals surface area contributed by atoms with E-state index >= 15 is 0 Å². The third-order valence-corrected chi connectivity index (χ3v) is 0. The molecule has 0 aromatic heterocycles. The van der Waals surface area contributed by atoms with Gasteiger partial charge in [-0.15, -0.1) is 0 Å². The maximum Gasteiger partial charge on any atom is 2.00 e. The van der Waals surface area contributed by atoms with Gasteiger partial charge in [0.05, 0.1) is 0 Å². The van der Waals surface area contributed by atoms with Crippen LogP contribution < -0.4 is 0 Å². The summed E-state index contributed by atoms with van der Waals surface area (Å²) < 4.78 is 78.0. The monoisotopic (exact) mass is 328 g/mol. The van der Waals surface area contributed by atoms with E-state index in [9.17, 15) is 34.5 Å². The third kappa shape index (κ3) is 96900. The zero-order chi connectivity index (χ0) is 9.00. The molecule has 17 heteroatoms. The molecule has 120 valence electrons. The zero-order valence-corrected chi connectivity index (χ0v) is 8.95. The molecule has 0 atom stereocenters. The molecule has 12 N–H and O–H groups in total. The normalized spacial score (nSPS) is 7.06. The Hall–Kier alpha value is -0.177. The van der Waals surface area contributed by atoms with E-state index in [2.05, 4.69) is 0 Å². The van der Waals surface area contributed by atoms with E-state index in [4.69, 9.17) is 0 Å². The summed E-state index contributed by atoms with van der Waals surface area (Å²) >= 11 is 0. The minimum absolute atomic E-state index is 0. The van der Waals surface area contributed by atoms with Crippen molar-refractivity contribution in [2.24, 2.45) is 0 Å². The summed E-state index contributed by atoms with van der Waals surface area (Å²) in [7, 11) is -12.0. The van der Waals surface area contributed by atoms with Crippen molar-refractivity contribution in [3.63, 3.8) is 0 Å². The standard InChI is InChI=1S/2BF4.6H2N.Ni/c2*2-1(3,4)5;;;;;;;/h;;6*1H2;/q8*-1;+2. The molecule has 0 amide bonds. The topological polar surface area (TPSA) is 201 Å². The van der Waals surface area contributed by atoms with Crippen LogP contribution in [0.5, 0.6) is 0 Å². The molecular formula is H12B2F8N6Ni-6. The smallest absolute Gasteiger partial charge is 0.693 e. The van der Waals surface area contributed by atoms with Crippen LogP contribution in [0.2, 0.25) is 0 Å². The fraction of sp³-hybridized carbons (Fsp3) is 0. The van der Waals surface area contributed by atoms with Gasteiger partial charge in [-0.1, -0.05) is 0 Å². The van der Waals surface area contributed by atoms with Gasteiger partial charge < -0.3 is 71.4 Å². The van der Waals surface area contributed by atoms with E-state index < -0.39 is 14.5 Å². The molecular weight excluding hydrogens is 316 g/mol. The van der Waals surface area contributed by atoms with Gasteiger partial charge in [0.1, 0.15) is 0 Å². The Bertz CT molecular complexity index is 71.0. The third-order valence-electron chi connectivity index (χ3n) is 0. The van der Waals surface area contributed by atoms with E-state index in [0.717, 1.165) is 0 Å². The first-order valence-corrected chi connectivity index (χ1v) is 1.75. The average Bonchev–Trinajstić information content (AvgIpc) is 1.12. The van der Waals surface area contributed by atoms with Crippen LogP contribution in [-0.2, 0) is 16.5 Å². The minimum atomic E-state index is -6.00. The summed E-state index contributed by atoms with van der Waals surface area (Å²) in [6.07, 6.45) is 0. The molecule has 0 aromatic rings. The Kier molecular flexibility index (Phi) is 101. The first-order valence-electron chi connectivity index (χ1n) is 1.75. The largest absolute Gasteiger partial charge is 2.00 e. The molecule has 0 rings (SSSR count). The summed E-state index contributed by atoms with van der Waals surface area (Å²) in [4.78, 5) is 0. The quantitative estimate of drug-likeness (QED) is 0.328. The molecule has 0 spiro atoms. The van der Waals surface area contributed by atoms with Crippen molar-refractivity contribution in [1.82, 2.24) is 0 Å². The molecule has 0 aromatic carbocycles. The average molecular weight is 328 g/mol. The molecule has 0 aliphatic rings. The summed E-state index contributed by atoms with van der Waals surface area (Å²) in [5.74, 6) is 0. The van der Waals surface area contributed by atoms with E-state index in [1.54, 1.807) is 0 Å². The van der Waals surface area contributed by atoms with E-state index in [-0.39, 0.29) is 53.4 Å². The van der Waals surface area contributed by atoms with Crippen molar-refractivity contribution in [2.75, 3.05) is 0 Å². The van der Waals surface area contributed by atoms with Crippen LogP contribution in [0.25, 0.3) is 36.9 Å². The Labute approximate surface area is 103 Å². The van der Waals surface area contributed by atoms with Crippen LogP contribution in [0, 0.1) is 0 Å². The van der Waals surface area contributed by atoms with E-state index in [1.165, 1.54) is 0 Å². The molecule has 0 aliphatic heterocycles. The van der Waals surface area contributed by atoms with Gasteiger partial charge >= 0.3 is 31.0 Å². The van der Waals surface area contributed by atoms with Crippen molar-refractivity contribution < 1.29 is 51.0 Å². The number of nitrogens with two attached hydrogens (primary N) is 6. The molecule has 0 heterocycles. The van der Waals surface area contributed by atoms with Gasteiger partial charge in [-0.3, -0.25) is 0 Å². The van der Waals surface area contributed by atoms with Crippen molar-refractivity contribution in [3.05, 3.63) is 36.9 Å². The van der Waals surface area contributed by atoms with Crippen LogP contribution in [0.4, 0.5) is 34.5 Å². The molecule has 0 aliphatic carbocycles. The fourth-order valence-corrected chi connectivity index (χ4v) is 0. The van der Waals surface area contributed by atoms with Crippen LogP contribution in [-0.4, -0.2) is 14.5 Å². The number of rotatable bonds is 0. The molecule has 17 heavy (non-hydrogen) atoms. The number of halogens is 8. The predicted octanol–water partition coefficient (Wildman–Crippen LogP) is 6.90. The Morgan fingerprint density at radius 2 is 0.353 bits per heavy atom. The summed E-state index contributed by atoms with van der Waals surface area (Å²) in [5, 5.41) is 0. The van der Waals surface area contributed by atoms with Crippen molar-refractivity contribution >= 4 is 14.5 Å². The summed E-state index contributed by atoms with van der Waals surface area (Å²) in [6.45, 7) is 0. The summed E-state index contributed by atoms with van der Waals surface area (Å²) in [6, 6.07) is 0. The van der Waals surface area contributed by atoms with Crippen LogP contribution in [0.3, 0.4) is 0 Å². The van der Waals surface area contributed by atoms with Crippen LogP contribution >= 0.6 is 0 Å². The van der Waals surface area contributed by atoms with Crippen molar-refractivity contribution in [1.29, 1.82) is 0 Å². The van der Waals surface area contributed by atoms with Crippen LogP contribution in [0.1, 0.15) is 0 Å². The van der Waals surface area contributed by atoms with Gasteiger partial charge in [-0.25, -0.2) is 0 Å². The minimum Gasteiger partial charge on any atom is -0.693 e. The fourth-order valence-electron chi connectivity index (χ4n) is 0. The molecule has 0 fully saturated rings. The second-order valence-electron chi connectivity index (χ2n) is 0.990. The summed E-state index contributed by atoms with van der Waals surface area (Å²) in [5.41, 5.74) is 0. The first-order chi connectivity index (χ1) is 4.00. The maximum absolute atomic E-state index is 9.75. The second kappa shape index (κ2) is 24.9. The van der Waals surface area contributed by atoms with Gasteiger partial charge in [-0.2, -0.15) is 0 Å². The molecule has 0 saturated heterocycles. The second-order valence-corrected chi connectivity index (χ2v) is 0.990. The van der Waals surface area contributed by atoms with E-state index in [1.807, 2.05) is 0 Å². The SMILES string of the molecule is F[B-](F)(F)F.F[B-](F)(F)F.[NH2-].[NH2-].[NH2-].[NH2-].[NH2-].[NH2-].[Ni+2]. The maximum atomic E-state index is 9.75. The van der Waals surface area contributed by atoms with Crippen molar-refractivity contribution in [3.8, 4) is 0 Å². The molecule has 0 unspecified atom stereocenters. The Morgan fingerprint density at radius 3 is 0.353 bits per heavy atom. The predicted molar refractivity (Wildman–Crippen MR) is 52.1 cm³/mol. The van der Waals surface area contributed by atoms with Gasteiger partial charge in [0.25, 0.3) is 0 Å².